The number of amides is 1. The molecule has 0 spiro atoms. The van der Waals surface area contributed by atoms with Gasteiger partial charge in [0.2, 0.25) is 5.91 Å². The van der Waals surface area contributed by atoms with Crippen LogP contribution < -0.4 is 10.2 Å². The number of thiazole rings is 1. The zero-order chi connectivity index (χ0) is 16.0. The van der Waals surface area contributed by atoms with E-state index in [1.54, 1.807) is 12.3 Å². The molecule has 1 rings (SSSR count). The van der Waals surface area contributed by atoms with Crippen LogP contribution in [0.1, 0.15) is 18.5 Å². The van der Waals surface area contributed by atoms with E-state index in [0.717, 1.165) is 11.3 Å². The molecule has 0 aliphatic carbocycles. The van der Waals surface area contributed by atoms with Crippen molar-refractivity contribution in [3.63, 3.8) is 0 Å². The van der Waals surface area contributed by atoms with Gasteiger partial charge in [0.1, 0.15) is 12.6 Å². The SMILES string of the molecule is COC(=O)CC[C@H](NC(=O)Cn1c(C)csc1=O)C(=O)O. The molecule has 1 aromatic heterocycles. The second-order valence-electron chi connectivity index (χ2n) is 4.30. The maximum absolute atomic E-state index is 11.8. The number of hydrogen-bond acceptors (Lipinski definition) is 6. The highest BCUT2D eigenvalue weighted by Crippen LogP contribution is 2.02. The minimum atomic E-state index is -1.25. The number of carbonyl (C=O) groups excluding carboxylic acids is 2. The minimum absolute atomic E-state index is 0.0781. The van der Waals surface area contributed by atoms with E-state index in [1.807, 2.05) is 0 Å². The van der Waals surface area contributed by atoms with Gasteiger partial charge in [0.05, 0.1) is 7.11 Å². The van der Waals surface area contributed by atoms with Crippen LogP contribution in [0.5, 0.6) is 0 Å². The van der Waals surface area contributed by atoms with Gasteiger partial charge in [-0.1, -0.05) is 11.3 Å². The Kier molecular flexibility index (Phi) is 6.10. The average Bonchev–Trinajstić information content (AvgIpc) is 2.74. The quantitative estimate of drug-likeness (QED) is 0.670. The Bertz CT molecular complexity index is 591. The first-order chi connectivity index (χ1) is 9.85. The lowest BCUT2D eigenvalue weighted by Crippen LogP contribution is -2.43. The van der Waals surface area contributed by atoms with E-state index in [9.17, 15) is 19.2 Å². The summed E-state index contributed by atoms with van der Waals surface area (Å²) >= 11 is 0.965. The lowest BCUT2D eigenvalue weighted by Gasteiger charge is -2.14. The Morgan fingerprint density at radius 1 is 1.48 bits per heavy atom. The van der Waals surface area contributed by atoms with Gasteiger partial charge >= 0.3 is 16.8 Å². The highest BCUT2D eigenvalue weighted by molar-refractivity contribution is 7.07. The van der Waals surface area contributed by atoms with Crippen molar-refractivity contribution in [3.8, 4) is 0 Å². The van der Waals surface area contributed by atoms with E-state index in [-0.39, 0.29) is 24.3 Å². The first-order valence-electron chi connectivity index (χ1n) is 6.09. The molecule has 9 heteroatoms. The predicted octanol–water partition coefficient (Wildman–Crippen LogP) is -0.259. The number of hydrogen-bond donors (Lipinski definition) is 2. The van der Waals surface area contributed by atoms with E-state index in [1.165, 1.54) is 11.7 Å². The van der Waals surface area contributed by atoms with Crippen LogP contribution in [0.15, 0.2) is 10.2 Å². The van der Waals surface area contributed by atoms with E-state index < -0.39 is 23.9 Å². The van der Waals surface area contributed by atoms with Crippen molar-refractivity contribution in [2.75, 3.05) is 7.11 Å². The number of nitrogens with zero attached hydrogens (tertiary/aromatic N) is 1. The number of rotatable bonds is 7. The van der Waals surface area contributed by atoms with E-state index in [0.29, 0.717) is 5.69 Å². The summed E-state index contributed by atoms with van der Waals surface area (Å²) in [4.78, 5) is 45.0. The second kappa shape index (κ2) is 7.58. The van der Waals surface area contributed by atoms with Crippen molar-refractivity contribution in [1.29, 1.82) is 0 Å². The molecule has 0 aromatic carbocycles. The van der Waals surface area contributed by atoms with Crippen LogP contribution in [0.3, 0.4) is 0 Å². The summed E-state index contributed by atoms with van der Waals surface area (Å²) in [5.41, 5.74) is 0.626. The molecule has 1 aromatic rings. The molecule has 0 saturated heterocycles. The van der Waals surface area contributed by atoms with Gasteiger partial charge in [-0.15, -0.1) is 0 Å². The Balaban J connectivity index is 2.63. The van der Waals surface area contributed by atoms with Crippen molar-refractivity contribution in [2.45, 2.75) is 32.4 Å². The number of ether oxygens (including phenoxy) is 1. The van der Waals surface area contributed by atoms with E-state index >= 15 is 0 Å². The van der Waals surface area contributed by atoms with Gasteiger partial charge in [0, 0.05) is 17.5 Å². The van der Waals surface area contributed by atoms with Crippen LogP contribution >= 0.6 is 11.3 Å². The summed E-state index contributed by atoms with van der Waals surface area (Å²) in [5.74, 6) is -2.40. The van der Waals surface area contributed by atoms with Crippen LogP contribution in [0.4, 0.5) is 0 Å². The number of esters is 1. The molecular formula is C12H16N2O6S. The van der Waals surface area contributed by atoms with Crippen molar-refractivity contribution in [2.24, 2.45) is 0 Å². The number of carboxylic acids is 1. The van der Waals surface area contributed by atoms with E-state index in [4.69, 9.17) is 5.11 Å². The smallest absolute Gasteiger partial charge is 0.326 e. The number of aliphatic carboxylic acids is 1. The maximum atomic E-state index is 11.8. The molecule has 0 bridgehead atoms. The van der Waals surface area contributed by atoms with Gasteiger partial charge in [-0.3, -0.25) is 19.0 Å². The Labute approximate surface area is 124 Å². The van der Waals surface area contributed by atoms with Gasteiger partial charge in [-0.2, -0.15) is 0 Å². The van der Waals surface area contributed by atoms with Gasteiger partial charge in [-0.25, -0.2) is 4.79 Å². The number of methoxy groups -OCH3 is 1. The van der Waals surface area contributed by atoms with Crippen molar-refractivity contribution < 1.29 is 24.2 Å². The second-order valence-corrected chi connectivity index (χ2v) is 5.12. The first-order valence-corrected chi connectivity index (χ1v) is 6.97. The third-order valence-corrected chi connectivity index (χ3v) is 3.66. The number of aryl methyl sites for hydroxylation is 1. The fourth-order valence-corrected chi connectivity index (χ4v) is 2.34. The lowest BCUT2D eigenvalue weighted by atomic mass is 10.1. The highest BCUT2D eigenvalue weighted by atomic mass is 32.1. The summed E-state index contributed by atoms with van der Waals surface area (Å²) in [6.45, 7) is 1.42. The Morgan fingerprint density at radius 2 is 2.14 bits per heavy atom. The maximum Gasteiger partial charge on any atom is 0.326 e. The molecule has 2 N–H and O–H groups in total. The lowest BCUT2D eigenvalue weighted by molar-refractivity contribution is -0.144. The topological polar surface area (TPSA) is 115 Å². The Hall–Kier alpha value is -2.16. The molecule has 0 aliphatic rings. The zero-order valence-corrected chi connectivity index (χ0v) is 12.4. The van der Waals surface area contributed by atoms with Crippen molar-refractivity contribution in [3.05, 3.63) is 20.7 Å². The van der Waals surface area contributed by atoms with Crippen LogP contribution in [-0.2, 0) is 25.7 Å². The fourth-order valence-electron chi connectivity index (χ4n) is 1.60. The summed E-state index contributed by atoms with van der Waals surface area (Å²) < 4.78 is 5.66. The van der Waals surface area contributed by atoms with Crippen LogP contribution in [0.2, 0.25) is 0 Å². The summed E-state index contributed by atoms with van der Waals surface area (Å²) in [5, 5.41) is 12.9. The predicted molar refractivity (Wildman–Crippen MR) is 74.1 cm³/mol. The monoisotopic (exact) mass is 316 g/mol. The van der Waals surface area contributed by atoms with E-state index in [2.05, 4.69) is 10.1 Å². The van der Waals surface area contributed by atoms with Gasteiger partial charge in [-0.05, 0) is 13.3 Å². The molecule has 8 nitrogen and oxygen atoms in total. The molecule has 0 saturated carbocycles. The zero-order valence-electron chi connectivity index (χ0n) is 11.6. The van der Waals surface area contributed by atoms with Crippen LogP contribution in [0.25, 0.3) is 0 Å². The molecule has 0 fully saturated rings. The number of nitrogens with one attached hydrogen (secondary N) is 1. The standard InChI is InChI=1S/C12H16N2O6S/c1-7-6-21-12(19)14(7)5-9(15)13-8(11(17)18)3-4-10(16)20-2/h6,8H,3-5H2,1-2H3,(H,13,15)(H,17,18)/t8-/m0/s1. The van der Waals surface area contributed by atoms with Gasteiger partial charge in [0.15, 0.2) is 0 Å². The fraction of sp³-hybridized carbons (Fsp3) is 0.500. The summed E-state index contributed by atoms with van der Waals surface area (Å²) in [7, 11) is 1.20. The molecule has 1 heterocycles. The molecule has 0 aliphatic heterocycles. The molecular weight excluding hydrogens is 300 g/mol. The third kappa shape index (κ3) is 5.03. The summed E-state index contributed by atoms with van der Waals surface area (Å²) in [6.07, 6.45) is -0.198. The molecule has 0 unspecified atom stereocenters. The minimum Gasteiger partial charge on any atom is -0.480 e. The number of aromatic nitrogens is 1. The normalized spacial score (nSPS) is 11.7. The third-order valence-electron chi connectivity index (χ3n) is 2.78. The van der Waals surface area contributed by atoms with Crippen LogP contribution in [-0.4, -0.2) is 40.7 Å². The molecule has 116 valence electrons. The average molecular weight is 316 g/mol. The van der Waals surface area contributed by atoms with Crippen molar-refractivity contribution in [1.82, 2.24) is 9.88 Å². The first kappa shape index (κ1) is 16.9. The molecule has 21 heavy (non-hydrogen) atoms. The highest BCUT2D eigenvalue weighted by Gasteiger charge is 2.21. The molecule has 1 atom stereocenters. The van der Waals surface area contributed by atoms with Gasteiger partial charge in [0.25, 0.3) is 0 Å². The van der Waals surface area contributed by atoms with Crippen LogP contribution in [0, 0.1) is 6.92 Å². The van der Waals surface area contributed by atoms with Gasteiger partial charge < -0.3 is 15.2 Å². The summed E-state index contributed by atoms with van der Waals surface area (Å²) in [6, 6.07) is -1.20. The van der Waals surface area contributed by atoms with Crippen molar-refractivity contribution >= 4 is 29.2 Å². The molecule has 1 amide bonds. The molecule has 0 radical (unpaired) electrons. The number of carboxylic acid groups (broad SMARTS) is 1. The Morgan fingerprint density at radius 3 is 2.62 bits per heavy atom. The number of carbonyl (C=O) groups is 3. The largest absolute Gasteiger partial charge is 0.480 e.